The van der Waals surface area contributed by atoms with Crippen LogP contribution < -0.4 is 0 Å². The molecule has 1 aliphatic rings. The zero-order valence-corrected chi connectivity index (χ0v) is 12.8. The predicted molar refractivity (Wildman–Crippen MR) is 85.4 cm³/mol. The molecule has 0 N–H and O–H groups in total. The fourth-order valence-corrected chi connectivity index (χ4v) is 2.49. The Balaban J connectivity index is 1.75. The van der Waals surface area contributed by atoms with Gasteiger partial charge in [-0.05, 0) is 17.7 Å². The number of carbonyl (C=O) groups excluding carboxylic acids is 1. The second kappa shape index (κ2) is 7.05. The van der Waals surface area contributed by atoms with E-state index in [1.165, 1.54) is 0 Å². The third-order valence-electron chi connectivity index (χ3n) is 3.55. The van der Waals surface area contributed by atoms with Crippen molar-refractivity contribution in [3.05, 3.63) is 70.7 Å². The predicted octanol–water partition coefficient (Wildman–Crippen LogP) is 3.55. The van der Waals surface area contributed by atoms with Crippen LogP contribution in [0.4, 0.5) is 0 Å². The Hall–Kier alpha value is -1.68. The van der Waals surface area contributed by atoms with Crippen LogP contribution in [0.1, 0.15) is 15.9 Å². The highest BCUT2D eigenvalue weighted by molar-refractivity contribution is 6.30. The lowest BCUT2D eigenvalue weighted by Gasteiger charge is -2.17. The van der Waals surface area contributed by atoms with Crippen molar-refractivity contribution in [2.75, 3.05) is 13.2 Å². The average Bonchev–Trinajstić information content (AvgIpc) is 3.36. The Labute approximate surface area is 134 Å². The molecule has 1 aliphatic heterocycles. The van der Waals surface area contributed by atoms with Gasteiger partial charge in [0.2, 0.25) is 0 Å². The van der Waals surface area contributed by atoms with Gasteiger partial charge in [-0.15, -0.1) is 0 Å². The molecule has 1 saturated heterocycles. The number of carbonyl (C=O) groups is 1. The van der Waals surface area contributed by atoms with Crippen molar-refractivity contribution in [3.8, 4) is 0 Å². The van der Waals surface area contributed by atoms with Crippen molar-refractivity contribution in [1.29, 1.82) is 0 Å². The Morgan fingerprint density at radius 1 is 1.23 bits per heavy atom. The summed E-state index contributed by atoms with van der Waals surface area (Å²) in [4.78, 5) is 12.7. The van der Waals surface area contributed by atoms with Gasteiger partial charge in [0.25, 0.3) is 0 Å². The maximum Gasteiger partial charge on any atom is 0.191 e. The van der Waals surface area contributed by atoms with Crippen LogP contribution in [-0.2, 0) is 15.9 Å². The van der Waals surface area contributed by atoms with E-state index in [4.69, 9.17) is 21.1 Å². The van der Waals surface area contributed by atoms with Gasteiger partial charge in [0.05, 0.1) is 13.2 Å². The Morgan fingerprint density at radius 2 is 2.00 bits per heavy atom. The summed E-state index contributed by atoms with van der Waals surface area (Å²) in [5, 5.41) is 0.661. The van der Waals surface area contributed by atoms with Crippen molar-refractivity contribution in [2.24, 2.45) is 0 Å². The molecule has 0 spiro atoms. The topological polar surface area (TPSA) is 38.8 Å². The summed E-state index contributed by atoms with van der Waals surface area (Å²) in [6, 6.07) is 16.7. The van der Waals surface area contributed by atoms with Crippen LogP contribution >= 0.6 is 11.6 Å². The molecule has 2 unspecified atom stereocenters. The lowest BCUT2D eigenvalue weighted by atomic mass is 10.00. The van der Waals surface area contributed by atoms with E-state index in [1.807, 2.05) is 54.6 Å². The van der Waals surface area contributed by atoms with E-state index >= 15 is 0 Å². The summed E-state index contributed by atoms with van der Waals surface area (Å²) in [7, 11) is 0. The van der Waals surface area contributed by atoms with E-state index in [0.717, 1.165) is 5.56 Å². The molecule has 1 heterocycles. The van der Waals surface area contributed by atoms with E-state index in [-0.39, 0.29) is 11.9 Å². The number of benzene rings is 2. The number of Topliss-reactive ketones (excluding diaryl/α,β-unsaturated/α-hetero) is 1. The minimum atomic E-state index is -0.523. The molecular formula is C18H17ClO3. The Morgan fingerprint density at radius 3 is 2.68 bits per heavy atom. The number of ketones is 1. The van der Waals surface area contributed by atoms with Crippen LogP contribution in [0.2, 0.25) is 5.02 Å². The van der Waals surface area contributed by atoms with Crippen LogP contribution in [-0.4, -0.2) is 31.2 Å². The first-order valence-corrected chi connectivity index (χ1v) is 7.67. The molecule has 22 heavy (non-hydrogen) atoms. The lowest BCUT2D eigenvalue weighted by molar-refractivity contribution is 0.0356. The van der Waals surface area contributed by atoms with Gasteiger partial charge in [-0.2, -0.15) is 0 Å². The molecule has 1 fully saturated rings. The summed E-state index contributed by atoms with van der Waals surface area (Å²) < 4.78 is 11.0. The van der Waals surface area contributed by atoms with Gasteiger partial charge < -0.3 is 9.47 Å². The van der Waals surface area contributed by atoms with Crippen LogP contribution in [0, 0.1) is 0 Å². The minimum absolute atomic E-state index is 0.0128. The summed E-state index contributed by atoms with van der Waals surface area (Å²) in [5.41, 5.74) is 1.64. The molecule has 2 aromatic rings. The highest BCUT2D eigenvalue weighted by Crippen LogP contribution is 2.18. The highest BCUT2D eigenvalue weighted by atomic mass is 35.5. The molecule has 0 aromatic heterocycles. The molecule has 0 saturated carbocycles. The Bertz CT molecular complexity index is 638. The maximum atomic E-state index is 12.7. The molecule has 0 bridgehead atoms. The lowest BCUT2D eigenvalue weighted by Crippen LogP contribution is -2.28. The van der Waals surface area contributed by atoms with E-state index < -0.39 is 6.10 Å². The van der Waals surface area contributed by atoms with Gasteiger partial charge in [0.1, 0.15) is 12.2 Å². The van der Waals surface area contributed by atoms with Crippen LogP contribution in [0.3, 0.4) is 0 Å². The van der Waals surface area contributed by atoms with Crippen molar-refractivity contribution in [2.45, 2.75) is 18.6 Å². The van der Waals surface area contributed by atoms with Gasteiger partial charge in [0, 0.05) is 17.0 Å². The van der Waals surface area contributed by atoms with E-state index in [9.17, 15) is 4.79 Å². The van der Waals surface area contributed by atoms with Crippen molar-refractivity contribution in [1.82, 2.24) is 0 Å². The molecule has 0 radical (unpaired) electrons. The monoisotopic (exact) mass is 316 g/mol. The normalized spacial score (nSPS) is 18.0. The Kier molecular flexibility index (Phi) is 4.88. The first kappa shape index (κ1) is 15.2. The molecule has 0 amide bonds. The minimum Gasteiger partial charge on any atom is -0.371 e. The van der Waals surface area contributed by atoms with Crippen molar-refractivity contribution in [3.63, 3.8) is 0 Å². The maximum absolute atomic E-state index is 12.7. The zero-order valence-electron chi connectivity index (χ0n) is 12.1. The molecule has 3 nitrogen and oxygen atoms in total. The standard InChI is InChI=1S/C18H17ClO3/c19-15-8-4-5-13(9-15)10-17(22-12-16-11-21-16)18(20)14-6-2-1-3-7-14/h1-9,16-17H,10-12H2. The fraction of sp³-hybridized carbons (Fsp3) is 0.278. The summed E-state index contributed by atoms with van der Waals surface area (Å²) in [6.07, 6.45) is 0.108. The quantitative estimate of drug-likeness (QED) is 0.579. The van der Waals surface area contributed by atoms with Crippen molar-refractivity contribution < 1.29 is 14.3 Å². The fourth-order valence-electron chi connectivity index (χ4n) is 2.28. The second-order valence-corrected chi connectivity index (χ2v) is 5.78. The van der Waals surface area contributed by atoms with Gasteiger partial charge in [0.15, 0.2) is 5.78 Å². The highest BCUT2D eigenvalue weighted by Gasteiger charge is 2.27. The summed E-state index contributed by atoms with van der Waals surface area (Å²) in [6.45, 7) is 1.16. The van der Waals surface area contributed by atoms with Gasteiger partial charge in [-0.25, -0.2) is 0 Å². The van der Waals surface area contributed by atoms with Crippen molar-refractivity contribution >= 4 is 17.4 Å². The average molecular weight is 317 g/mol. The zero-order chi connectivity index (χ0) is 15.4. The molecule has 3 rings (SSSR count). The molecule has 0 aliphatic carbocycles. The number of halogens is 1. The third kappa shape index (κ3) is 4.17. The number of ether oxygens (including phenoxy) is 2. The number of hydrogen-bond acceptors (Lipinski definition) is 3. The molecule has 2 atom stereocenters. The largest absolute Gasteiger partial charge is 0.371 e. The van der Waals surface area contributed by atoms with E-state index in [0.29, 0.717) is 30.2 Å². The molecule has 4 heteroatoms. The number of hydrogen-bond donors (Lipinski definition) is 0. The van der Waals surface area contributed by atoms with Crippen LogP contribution in [0.15, 0.2) is 54.6 Å². The second-order valence-electron chi connectivity index (χ2n) is 5.34. The molecule has 114 valence electrons. The molecule has 2 aromatic carbocycles. The number of rotatable bonds is 7. The summed E-state index contributed by atoms with van der Waals surface area (Å²) >= 11 is 6.02. The third-order valence-corrected chi connectivity index (χ3v) is 3.78. The van der Waals surface area contributed by atoms with Crippen LogP contribution in [0.25, 0.3) is 0 Å². The van der Waals surface area contributed by atoms with E-state index in [2.05, 4.69) is 0 Å². The SMILES string of the molecule is O=C(c1ccccc1)C(Cc1cccc(Cl)c1)OCC1CO1. The van der Waals surface area contributed by atoms with Gasteiger partial charge >= 0.3 is 0 Å². The number of epoxide rings is 1. The first-order valence-electron chi connectivity index (χ1n) is 7.29. The summed E-state index contributed by atoms with van der Waals surface area (Å²) in [5.74, 6) is -0.0128. The first-order chi connectivity index (χ1) is 10.7. The smallest absolute Gasteiger partial charge is 0.191 e. The van der Waals surface area contributed by atoms with Gasteiger partial charge in [-0.1, -0.05) is 54.1 Å². The van der Waals surface area contributed by atoms with Crippen LogP contribution in [0.5, 0.6) is 0 Å². The van der Waals surface area contributed by atoms with Gasteiger partial charge in [-0.3, -0.25) is 4.79 Å². The molecular weight excluding hydrogens is 300 g/mol. The van der Waals surface area contributed by atoms with E-state index in [1.54, 1.807) is 0 Å².